The third-order valence-corrected chi connectivity index (χ3v) is 5.53. The molecule has 2 N–H and O–H groups in total. The normalized spacial score (nSPS) is 13.1. The lowest BCUT2D eigenvalue weighted by Gasteiger charge is -2.09. The summed E-state index contributed by atoms with van der Waals surface area (Å²) in [7, 11) is -3.73. The van der Waals surface area contributed by atoms with E-state index in [0.29, 0.717) is 5.69 Å². The van der Waals surface area contributed by atoms with E-state index >= 15 is 0 Å². The van der Waals surface area contributed by atoms with Crippen LogP contribution in [0.15, 0.2) is 47.4 Å². The maximum atomic E-state index is 12.4. The molecule has 1 aliphatic rings. The van der Waals surface area contributed by atoms with Crippen LogP contribution in [-0.2, 0) is 22.9 Å². The highest BCUT2D eigenvalue weighted by Gasteiger charge is 2.16. The number of amides is 1. The second kappa shape index (κ2) is 7.09. The second-order valence-electron chi connectivity index (χ2n) is 5.85. The van der Waals surface area contributed by atoms with Gasteiger partial charge in [-0.3, -0.25) is 4.79 Å². The standard InChI is InChI=1S/C19H18N2O3S/c1-2-11-20-25(23,24)18-8-4-7-16(13-18)19(22)21-17-10-9-14-5-3-6-15(14)12-17/h1,4,7-10,12-13,20H,3,5-6,11H2,(H,21,22). The fraction of sp³-hybridized carbons (Fsp3) is 0.211. The minimum Gasteiger partial charge on any atom is -0.322 e. The molecule has 0 heterocycles. The Bertz CT molecular complexity index is 959. The molecule has 0 saturated heterocycles. The van der Waals surface area contributed by atoms with Crippen molar-refractivity contribution in [3.05, 3.63) is 59.2 Å². The summed E-state index contributed by atoms with van der Waals surface area (Å²) in [6, 6.07) is 11.7. The van der Waals surface area contributed by atoms with Crippen LogP contribution in [0.1, 0.15) is 27.9 Å². The molecule has 0 fully saturated rings. The minimum absolute atomic E-state index is 0.00403. The van der Waals surface area contributed by atoms with Gasteiger partial charge in [0.05, 0.1) is 11.4 Å². The highest BCUT2D eigenvalue weighted by Crippen LogP contribution is 2.25. The molecule has 0 aliphatic heterocycles. The van der Waals surface area contributed by atoms with Gasteiger partial charge in [-0.2, -0.15) is 4.72 Å². The molecule has 0 bridgehead atoms. The number of carbonyl (C=O) groups is 1. The van der Waals surface area contributed by atoms with Crippen molar-refractivity contribution < 1.29 is 13.2 Å². The maximum Gasteiger partial charge on any atom is 0.255 e. The fourth-order valence-corrected chi connectivity index (χ4v) is 3.86. The van der Waals surface area contributed by atoms with Gasteiger partial charge in [0.1, 0.15) is 0 Å². The quantitative estimate of drug-likeness (QED) is 0.809. The van der Waals surface area contributed by atoms with Crippen molar-refractivity contribution in [2.45, 2.75) is 24.2 Å². The lowest BCUT2D eigenvalue weighted by Crippen LogP contribution is -2.24. The zero-order valence-electron chi connectivity index (χ0n) is 13.6. The zero-order valence-corrected chi connectivity index (χ0v) is 14.4. The molecule has 1 aliphatic carbocycles. The molecule has 2 aromatic rings. The molecule has 0 unspecified atom stereocenters. The predicted octanol–water partition coefficient (Wildman–Crippen LogP) is 2.34. The summed E-state index contributed by atoms with van der Waals surface area (Å²) in [6.07, 6.45) is 8.31. The van der Waals surface area contributed by atoms with Crippen molar-refractivity contribution in [1.82, 2.24) is 4.72 Å². The molecule has 0 aromatic heterocycles. The Balaban J connectivity index is 1.79. The summed E-state index contributed by atoms with van der Waals surface area (Å²) in [4.78, 5) is 12.5. The number of sulfonamides is 1. The van der Waals surface area contributed by atoms with Crippen molar-refractivity contribution in [3.63, 3.8) is 0 Å². The number of rotatable bonds is 5. The lowest BCUT2D eigenvalue weighted by molar-refractivity contribution is 0.102. The molecular weight excluding hydrogens is 336 g/mol. The van der Waals surface area contributed by atoms with E-state index < -0.39 is 10.0 Å². The SMILES string of the molecule is C#CCNS(=O)(=O)c1cccc(C(=O)Nc2ccc3c(c2)CCC3)c1. The van der Waals surface area contributed by atoms with Crippen molar-refractivity contribution >= 4 is 21.6 Å². The first-order valence-electron chi connectivity index (χ1n) is 7.96. The monoisotopic (exact) mass is 354 g/mol. The number of hydrogen-bond donors (Lipinski definition) is 2. The van der Waals surface area contributed by atoms with Crippen LogP contribution in [0.25, 0.3) is 0 Å². The highest BCUT2D eigenvalue weighted by atomic mass is 32.2. The van der Waals surface area contributed by atoms with Gasteiger partial charge in [0.25, 0.3) is 5.91 Å². The van der Waals surface area contributed by atoms with E-state index in [0.717, 1.165) is 19.3 Å². The van der Waals surface area contributed by atoms with Gasteiger partial charge in [-0.15, -0.1) is 6.42 Å². The minimum atomic E-state index is -3.73. The van der Waals surface area contributed by atoms with Crippen molar-refractivity contribution in [2.24, 2.45) is 0 Å². The van der Waals surface area contributed by atoms with Crippen LogP contribution >= 0.6 is 0 Å². The molecule has 0 radical (unpaired) electrons. The first kappa shape index (κ1) is 17.2. The number of hydrogen-bond acceptors (Lipinski definition) is 3. The number of terminal acetylenes is 1. The summed E-state index contributed by atoms with van der Waals surface area (Å²) in [5, 5.41) is 2.82. The number of aryl methyl sites for hydroxylation is 2. The van der Waals surface area contributed by atoms with E-state index in [1.165, 1.54) is 29.3 Å². The zero-order chi connectivity index (χ0) is 17.9. The Morgan fingerprint density at radius 3 is 2.72 bits per heavy atom. The van der Waals surface area contributed by atoms with E-state index in [9.17, 15) is 13.2 Å². The molecule has 25 heavy (non-hydrogen) atoms. The van der Waals surface area contributed by atoms with Crippen LogP contribution in [0.3, 0.4) is 0 Å². The average Bonchev–Trinajstić information content (AvgIpc) is 3.08. The van der Waals surface area contributed by atoms with Gasteiger partial charge in [0.15, 0.2) is 0 Å². The van der Waals surface area contributed by atoms with Crippen molar-refractivity contribution in [2.75, 3.05) is 11.9 Å². The molecule has 3 rings (SSSR count). The van der Waals surface area contributed by atoms with E-state index in [1.807, 2.05) is 18.2 Å². The molecule has 6 heteroatoms. The Labute approximate surface area is 147 Å². The van der Waals surface area contributed by atoms with Crippen molar-refractivity contribution in [3.8, 4) is 12.3 Å². The highest BCUT2D eigenvalue weighted by molar-refractivity contribution is 7.89. The third-order valence-electron chi connectivity index (χ3n) is 4.13. The Morgan fingerprint density at radius 1 is 1.12 bits per heavy atom. The maximum absolute atomic E-state index is 12.4. The third kappa shape index (κ3) is 3.90. The smallest absolute Gasteiger partial charge is 0.255 e. The topological polar surface area (TPSA) is 75.3 Å². The Morgan fingerprint density at radius 2 is 1.92 bits per heavy atom. The van der Waals surface area contributed by atoms with Gasteiger partial charge in [-0.25, -0.2) is 8.42 Å². The van der Waals surface area contributed by atoms with Crippen LogP contribution in [0.4, 0.5) is 5.69 Å². The van der Waals surface area contributed by atoms with Gasteiger partial charge >= 0.3 is 0 Å². The van der Waals surface area contributed by atoms with Crippen molar-refractivity contribution in [1.29, 1.82) is 0 Å². The molecule has 128 valence electrons. The Kier molecular flexibility index (Phi) is 4.88. The van der Waals surface area contributed by atoms with Gasteiger partial charge < -0.3 is 5.32 Å². The number of benzene rings is 2. The van der Waals surface area contributed by atoms with Gasteiger partial charge in [-0.05, 0) is 60.7 Å². The summed E-state index contributed by atoms with van der Waals surface area (Å²) < 4.78 is 26.5. The summed E-state index contributed by atoms with van der Waals surface area (Å²) in [6.45, 7) is -0.103. The van der Waals surface area contributed by atoms with Gasteiger partial charge in [0, 0.05) is 11.3 Å². The molecular formula is C19H18N2O3S. The largest absolute Gasteiger partial charge is 0.322 e. The van der Waals surface area contributed by atoms with Crippen LogP contribution in [0.2, 0.25) is 0 Å². The molecule has 0 saturated carbocycles. The van der Waals surface area contributed by atoms with E-state index in [2.05, 4.69) is 16.0 Å². The molecule has 0 atom stereocenters. The molecule has 0 spiro atoms. The van der Waals surface area contributed by atoms with Crippen LogP contribution in [0, 0.1) is 12.3 Å². The van der Waals surface area contributed by atoms with E-state index in [4.69, 9.17) is 6.42 Å². The second-order valence-corrected chi connectivity index (χ2v) is 7.61. The molecule has 2 aromatic carbocycles. The molecule has 5 nitrogen and oxygen atoms in total. The number of nitrogens with one attached hydrogen (secondary N) is 2. The van der Waals surface area contributed by atoms with Crippen LogP contribution in [0.5, 0.6) is 0 Å². The first-order valence-corrected chi connectivity index (χ1v) is 9.44. The summed E-state index contributed by atoms with van der Waals surface area (Å²) >= 11 is 0. The fourth-order valence-electron chi connectivity index (χ4n) is 2.88. The summed E-state index contributed by atoms with van der Waals surface area (Å²) in [5.74, 6) is 1.86. The molecule has 1 amide bonds. The van der Waals surface area contributed by atoms with Gasteiger partial charge in [-0.1, -0.05) is 18.1 Å². The van der Waals surface area contributed by atoms with Crippen LogP contribution in [-0.4, -0.2) is 20.9 Å². The number of fused-ring (bicyclic) bond motifs is 1. The van der Waals surface area contributed by atoms with Crippen LogP contribution < -0.4 is 10.0 Å². The Hall–Kier alpha value is -2.62. The van der Waals surface area contributed by atoms with Gasteiger partial charge in [0.2, 0.25) is 10.0 Å². The number of carbonyl (C=O) groups excluding carboxylic acids is 1. The number of anilines is 1. The lowest BCUT2D eigenvalue weighted by atomic mass is 10.1. The average molecular weight is 354 g/mol. The predicted molar refractivity (Wildman–Crippen MR) is 96.9 cm³/mol. The van der Waals surface area contributed by atoms with E-state index in [-0.39, 0.29) is 22.9 Å². The van der Waals surface area contributed by atoms with E-state index in [1.54, 1.807) is 6.07 Å². The first-order chi connectivity index (χ1) is 12.0. The summed E-state index contributed by atoms with van der Waals surface area (Å²) in [5.41, 5.74) is 3.56.